The number of piperidine rings is 1. The van der Waals surface area contributed by atoms with E-state index in [4.69, 9.17) is 26.2 Å². The van der Waals surface area contributed by atoms with Crippen molar-refractivity contribution in [2.24, 2.45) is 16.5 Å². The van der Waals surface area contributed by atoms with Crippen LogP contribution in [0.2, 0.25) is 5.02 Å². The summed E-state index contributed by atoms with van der Waals surface area (Å²) >= 11 is 6.00. The fourth-order valence-corrected chi connectivity index (χ4v) is 4.27. The van der Waals surface area contributed by atoms with Crippen molar-refractivity contribution >= 4 is 21.8 Å². The summed E-state index contributed by atoms with van der Waals surface area (Å²) in [5, 5.41) is 5.79. The molecule has 2 fully saturated rings. The molecule has 1 aliphatic heterocycles. The van der Waals surface area contributed by atoms with Crippen LogP contribution < -0.4 is 14.6 Å². The van der Waals surface area contributed by atoms with E-state index in [0.717, 1.165) is 19.3 Å². The highest BCUT2D eigenvalue weighted by Crippen LogP contribution is 2.59. The summed E-state index contributed by atoms with van der Waals surface area (Å²) in [5.74, 6) is 1.74. The number of methoxy groups -OCH3 is 1. The lowest BCUT2D eigenvalue weighted by atomic mass is 9.92. The Balaban J connectivity index is 1.56. The summed E-state index contributed by atoms with van der Waals surface area (Å²) in [7, 11) is -1.97. The Morgan fingerprint density at radius 2 is 2.04 bits per heavy atom. The molecular formula is C15H21ClN2O4S. The van der Waals surface area contributed by atoms with Crippen molar-refractivity contribution in [2.75, 3.05) is 26.8 Å². The van der Waals surface area contributed by atoms with Crippen LogP contribution in [0, 0.1) is 11.3 Å². The van der Waals surface area contributed by atoms with Crippen molar-refractivity contribution in [1.82, 2.24) is 4.31 Å². The third kappa shape index (κ3) is 3.57. The van der Waals surface area contributed by atoms with Gasteiger partial charge in [-0.1, -0.05) is 11.6 Å². The molecule has 128 valence electrons. The second-order valence-electron chi connectivity index (χ2n) is 6.31. The average molecular weight is 361 g/mol. The van der Waals surface area contributed by atoms with E-state index in [2.05, 4.69) is 0 Å². The summed E-state index contributed by atoms with van der Waals surface area (Å²) in [6.45, 7) is 1.58. The molecule has 1 unspecified atom stereocenters. The van der Waals surface area contributed by atoms with Crippen molar-refractivity contribution in [2.45, 2.75) is 19.3 Å². The highest BCUT2D eigenvalue weighted by Gasteiger charge is 2.55. The van der Waals surface area contributed by atoms with Gasteiger partial charge in [0.15, 0.2) is 11.5 Å². The van der Waals surface area contributed by atoms with Crippen LogP contribution in [0.25, 0.3) is 0 Å². The average Bonchev–Trinajstić information content (AvgIpc) is 3.17. The summed E-state index contributed by atoms with van der Waals surface area (Å²) in [6.07, 6.45) is 2.74. The molecule has 0 bridgehead atoms. The van der Waals surface area contributed by atoms with Crippen LogP contribution in [0.5, 0.6) is 11.5 Å². The molecule has 1 atom stereocenters. The molecule has 1 saturated carbocycles. The van der Waals surface area contributed by atoms with E-state index >= 15 is 0 Å². The number of benzene rings is 1. The molecule has 0 radical (unpaired) electrons. The molecule has 23 heavy (non-hydrogen) atoms. The van der Waals surface area contributed by atoms with Gasteiger partial charge >= 0.3 is 0 Å². The zero-order valence-corrected chi connectivity index (χ0v) is 14.6. The maximum atomic E-state index is 11.4. The van der Waals surface area contributed by atoms with E-state index in [9.17, 15) is 8.42 Å². The van der Waals surface area contributed by atoms with Crippen LogP contribution in [0.15, 0.2) is 18.2 Å². The largest absolute Gasteiger partial charge is 0.493 e. The first-order valence-corrected chi connectivity index (χ1v) is 9.46. The lowest BCUT2D eigenvalue weighted by molar-refractivity contribution is 0.205. The van der Waals surface area contributed by atoms with Gasteiger partial charge in [-0.3, -0.25) is 0 Å². The summed E-state index contributed by atoms with van der Waals surface area (Å²) in [4.78, 5) is 0. The molecule has 1 aromatic rings. The first-order chi connectivity index (χ1) is 10.8. The second kappa shape index (κ2) is 6.12. The van der Waals surface area contributed by atoms with Crippen LogP contribution in [0.1, 0.15) is 19.3 Å². The van der Waals surface area contributed by atoms with Gasteiger partial charge in [0.25, 0.3) is 10.2 Å². The third-order valence-corrected chi connectivity index (χ3v) is 6.32. The molecule has 1 spiro atoms. The first kappa shape index (κ1) is 16.8. The van der Waals surface area contributed by atoms with Crippen LogP contribution in [0.4, 0.5) is 0 Å². The normalized spacial score (nSPS) is 23.7. The van der Waals surface area contributed by atoms with E-state index in [1.54, 1.807) is 25.3 Å². The predicted molar refractivity (Wildman–Crippen MR) is 88.0 cm³/mol. The van der Waals surface area contributed by atoms with Gasteiger partial charge in [-0.05, 0) is 42.7 Å². The fourth-order valence-electron chi connectivity index (χ4n) is 3.42. The Morgan fingerprint density at radius 3 is 2.65 bits per heavy atom. The SMILES string of the molecule is COc1ccc(Cl)cc1OCC1CC12CCN(S(N)(=O)=O)CC2. The maximum absolute atomic E-state index is 11.4. The molecule has 0 aromatic heterocycles. The van der Waals surface area contributed by atoms with Crippen molar-refractivity contribution < 1.29 is 17.9 Å². The van der Waals surface area contributed by atoms with Gasteiger partial charge in [0, 0.05) is 24.2 Å². The van der Waals surface area contributed by atoms with E-state index < -0.39 is 10.2 Å². The molecule has 1 saturated heterocycles. The number of hydrogen-bond donors (Lipinski definition) is 1. The monoisotopic (exact) mass is 360 g/mol. The molecule has 8 heteroatoms. The topological polar surface area (TPSA) is 81.9 Å². The van der Waals surface area contributed by atoms with E-state index in [1.807, 2.05) is 0 Å². The predicted octanol–water partition coefficient (Wildman–Crippen LogP) is 2.03. The first-order valence-electron chi connectivity index (χ1n) is 7.58. The van der Waals surface area contributed by atoms with Crippen LogP contribution in [-0.2, 0) is 10.2 Å². The lowest BCUT2D eigenvalue weighted by Crippen LogP contribution is -2.43. The fraction of sp³-hybridized carbons (Fsp3) is 0.600. The minimum absolute atomic E-state index is 0.201. The molecule has 1 heterocycles. The van der Waals surface area contributed by atoms with Gasteiger partial charge in [0.1, 0.15) is 0 Å². The van der Waals surface area contributed by atoms with Gasteiger partial charge in [0.2, 0.25) is 0 Å². The van der Waals surface area contributed by atoms with E-state index in [1.165, 1.54) is 4.31 Å². The zero-order chi connectivity index (χ0) is 16.7. The Morgan fingerprint density at radius 1 is 1.35 bits per heavy atom. The minimum Gasteiger partial charge on any atom is -0.493 e. The quantitative estimate of drug-likeness (QED) is 0.871. The van der Waals surface area contributed by atoms with Crippen LogP contribution in [0.3, 0.4) is 0 Å². The number of nitrogens with zero attached hydrogens (tertiary/aromatic N) is 1. The Hall–Kier alpha value is -1.02. The molecule has 6 nitrogen and oxygen atoms in total. The molecule has 1 aromatic carbocycles. The number of hydrogen-bond acceptors (Lipinski definition) is 4. The number of halogens is 1. The molecule has 1 aliphatic carbocycles. The highest BCUT2D eigenvalue weighted by molar-refractivity contribution is 7.86. The van der Waals surface area contributed by atoms with Gasteiger partial charge in [0.05, 0.1) is 13.7 Å². The zero-order valence-electron chi connectivity index (χ0n) is 13.0. The third-order valence-electron chi connectivity index (χ3n) is 5.00. The van der Waals surface area contributed by atoms with Crippen LogP contribution >= 0.6 is 11.6 Å². The number of ether oxygens (including phenoxy) is 2. The molecule has 2 aliphatic rings. The van der Waals surface area contributed by atoms with Crippen molar-refractivity contribution in [3.63, 3.8) is 0 Å². The second-order valence-corrected chi connectivity index (χ2v) is 8.30. The van der Waals surface area contributed by atoms with E-state index in [-0.39, 0.29) is 5.41 Å². The molecular weight excluding hydrogens is 340 g/mol. The smallest absolute Gasteiger partial charge is 0.276 e. The highest BCUT2D eigenvalue weighted by atomic mass is 35.5. The summed E-state index contributed by atoms with van der Waals surface area (Å²) in [6, 6.07) is 5.29. The van der Waals surface area contributed by atoms with Crippen LogP contribution in [-0.4, -0.2) is 39.5 Å². The van der Waals surface area contributed by atoms with Gasteiger partial charge in [-0.2, -0.15) is 12.7 Å². The minimum atomic E-state index is -3.56. The van der Waals surface area contributed by atoms with Gasteiger partial charge < -0.3 is 9.47 Å². The summed E-state index contributed by atoms with van der Waals surface area (Å²) in [5.41, 5.74) is 0.201. The Kier molecular flexibility index (Phi) is 4.48. The van der Waals surface area contributed by atoms with Gasteiger partial charge in [-0.15, -0.1) is 0 Å². The molecule has 0 amide bonds. The summed E-state index contributed by atoms with van der Waals surface area (Å²) < 4.78 is 35.2. The number of nitrogens with two attached hydrogens (primary N) is 1. The molecule has 2 N–H and O–H groups in total. The van der Waals surface area contributed by atoms with Gasteiger partial charge in [-0.25, -0.2) is 5.14 Å². The van der Waals surface area contributed by atoms with E-state index in [0.29, 0.717) is 42.1 Å². The molecule has 3 rings (SSSR count). The number of rotatable bonds is 5. The van der Waals surface area contributed by atoms with Crippen molar-refractivity contribution in [3.8, 4) is 11.5 Å². The maximum Gasteiger partial charge on any atom is 0.276 e. The van der Waals surface area contributed by atoms with Crippen molar-refractivity contribution in [1.29, 1.82) is 0 Å². The Bertz CT molecular complexity index is 687. The Labute approximate surface area is 141 Å². The lowest BCUT2D eigenvalue weighted by Gasteiger charge is -2.30. The standard InChI is InChI=1S/C15H21ClN2O4S/c1-21-13-3-2-12(16)8-14(13)22-10-11-9-15(11)4-6-18(7-5-15)23(17,19)20/h2-3,8,11H,4-7,9-10H2,1H3,(H2,17,19,20). The van der Waals surface area contributed by atoms with Crippen molar-refractivity contribution in [3.05, 3.63) is 23.2 Å².